The van der Waals surface area contributed by atoms with Gasteiger partial charge in [-0.25, -0.2) is 0 Å². The van der Waals surface area contributed by atoms with Gasteiger partial charge < -0.3 is 10.2 Å². The summed E-state index contributed by atoms with van der Waals surface area (Å²) in [6.07, 6.45) is 0. The Balaban J connectivity index is 1.88. The number of anilines is 2. The van der Waals surface area contributed by atoms with E-state index in [4.69, 9.17) is 0 Å². The Morgan fingerprint density at radius 2 is 1.58 bits per heavy atom. The molecule has 138 valence electrons. The quantitative estimate of drug-likeness (QED) is 0.776. The van der Waals surface area contributed by atoms with Gasteiger partial charge in [0.2, 0.25) is 11.8 Å². The largest absolute Gasteiger partial charge is 0.325 e. The van der Waals surface area contributed by atoms with Crippen LogP contribution in [0.1, 0.15) is 33.3 Å². The maximum Gasteiger partial charge on any atom is 0.234 e. The standard InChI is InChI=1S/C21H26N2O2S/c1-15(24)23(5)18-10-8-17(9-11-18)22-20(25)14-26-19-12-6-16(7-13-19)21(2,3)4/h6-13H,14H2,1-5H3,(H,22,25). The topological polar surface area (TPSA) is 49.4 Å². The molecule has 0 bridgehead atoms. The van der Waals surface area contributed by atoms with Gasteiger partial charge in [0.05, 0.1) is 5.75 Å². The number of thioether (sulfide) groups is 1. The summed E-state index contributed by atoms with van der Waals surface area (Å²) in [7, 11) is 1.72. The van der Waals surface area contributed by atoms with Crippen LogP contribution in [0.15, 0.2) is 53.4 Å². The van der Waals surface area contributed by atoms with Crippen LogP contribution in [-0.4, -0.2) is 24.6 Å². The normalized spacial score (nSPS) is 11.1. The third-order valence-electron chi connectivity index (χ3n) is 4.10. The number of rotatable bonds is 5. The van der Waals surface area contributed by atoms with E-state index in [1.54, 1.807) is 24.1 Å². The zero-order valence-corrected chi connectivity index (χ0v) is 16.8. The van der Waals surface area contributed by atoms with Crippen LogP contribution in [0.5, 0.6) is 0 Å². The first-order valence-electron chi connectivity index (χ1n) is 8.54. The molecule has 0 aliphatic carbocycles. The van der Waals surface area contributed by atoms with Crippen molar-refractivity contribution in [2.45, 2.75) is 38.0 Å². The molecule has 26 heavy (non-hydrogen) atoms. The summed E-state index contributed by atoms with van der Waals surface area (Å²) in [6.45, 7) is 8.06. The summed E-state index contributed by atoms with van der Waals surface area (Å²) in [4.78, 5) is 26.1. The van der Waals surface area contributed by atoms with E-state index in [-0.39, 0.29) is 17.2 Å². The smallest absolute Gasteiger partial charge is 0.234 e. The number of carbonyl (C=O) groups is 2. The number of amides is 2. The highest BCUT2D eigenvalue weighted by molar-refractivity contribution is 8.00. The lowest BCUT2D eigenvalue weighted by Gasteiger charge is -2.19. The van der Waals surface area contributed by atoms with Crippen LogP contribution in [0.2, 0.25) is 0 Å². The van der Waals surface area contributed by atoms with Crippen LogP contribution in [0.25, 0.3) is 0 Å². The summed E-state index contributed by atoms with van der Waals surface area (Å²) in [5.74, 6) is 0.266. The Bertz CT molecular complexity index is 762. The molecule has 0 saturated carbocycles. The van der Waals surface area contributed by atoms with Gasteiger partial charge >= 0.3 is 0 Å². The third kappa shape index (κ3) is 5.63. The Morgan fingerprint density at radius 3 is 2.08 bits per heavy atom. The van der Waals surface area contributed by atoms with Crippen LogP contribution in [-0.2, 0) is 15.0 Å². The van der Waals surface area contributed by atoms with E-state index in [2.05, 4.69) is 50.4 Å². The molecular formula is C21H26N2O2S. The lowest BCUT2D eigenvalue weighted by atomic mass is 9.87. The molecule has 0 fully saturated rings. The van der Waals surface area contributed by atoms with Gasteiger partial charge in [-0.15, -0.1) is 11.8 Å². The molecule has 4 nitrogen and oxygen atoms in total. The SMILES string of the molecule is CC(=O)N(C)c1ccc(NC(=O)CSc2ccc(C(C)(C)C)cc2)cc1. The number of hydrogen-bond acceptors (Lipinski definition) is 3. The van der Waals surface area contributed by atoms with Crippen molar-refractivity contribution in [3.63, 3.8) is 0 Å². The zero-order chi connectivity index (χ0) is 19.3. The van der Waals surface area contributed by atoms with E-state index >= 15 is 0 Å². The van der Waals surface area contributed by atoms with E-state index in [0.29, 0.717) is 5.75 Å². The van der Waals surface area contributed by atoms with E-state index in [0.717, 1.165) is 16.3 Å². The van der Waals surface area contributed by atoms with E-state index in [9.17, 15) is 9.59 Å². The molecule has 0 heterocycles. The first-order valence-corrected chi connectivity index (χ1v) is 9.53. The van der Waals surface area contributed by atoms with Crippen molar-refractivity contribution >= 4 is 35.0 Å². The predicted octanol–water partition coefficient (Wildman–Crippen LogP) is 4.70. The molecule has 2 rings (SSSR count). The molecule has 0 atom stereocenters. The summed E-state index contributed by atoms with van der Waals surface area (Å²) in [5, 5.41) is 2.88. The van der Waals surface area contributed by atoms with E-state index in [1.807, 2.05) is 12.1 Å². The Morgan fingerprint density at radius 1 is 1.00 bits per heavy atom. The van der Waals surface area contributed by atoms with Gasteiger partial charge in [0, 0.05) is 30.2 Å². The summed E-state index contributed by atoms with van der Waals surface area (Å²) < 4.78 is 0. The van der Waals surface area contributed by atoms with Gasteiger partial charge in [-0.1, -0.05) is 32.9 Å². The fourth-order valence-corrected chi connectivity index (χ4v) is 3.05. The zero-order valence-electron chi connectivity index (χ0n) is 16.0. The molecule has 2 amide bonds. The molecule has 0 unspecified atom stereocenters. The van der Waals surface area contributed by atoms with Crippen molar-refractivity contribution in [3.8, 4) is 0 Å². The van der Waals surface area contributed by atoms with Crippen LogP contribution in [0.4, 0.5) is 11.4 Å². The molecule has 5 heteroatoms. The minimum atomic E-state index is -0.0532. The lowest BCUT2D eigenvalue weighted by Crippen LogP contribution is -2.22. The summed E-state index contributed by atoms with van der Waals surface area (Å²) >= 11 is 1.51. The molecular weight excluding hydrogens is 344 g/mol. The Labute approximate surface area is 160 Å². The third-order valence-corrected chi connectivity index (χ3v) is 5.11. The highest BCUT2D eigenvalue weighted by Gasteiger charge is 2.13. The van der Waals surface area contributed by atoms with Gasteiger partial charge in [0.25, 0.3) is 0 Å². The van der Waals surface area contributed by atoms with Crippen molar-refractivity contribution < 1.29 is 9.59 Å². The van der Waals surface area contributed by atoms with Gasteiger partial charge in [0.15, 0.2) is 0 Å². The highest BCUT2D eigenvalue weighted by Crippen LogP contribution is 2.26. The Kier molecular flexibility index (Phi) is 6.48. The first-order chi connectivity index (χ1) is 12.2. The monoisotopic (exact) mass is 370 g/mol. The summed E-state index contributed by atoms with van der Waals surface area (Å²) in [5.41, 5.74) is 2.92. The van der Waals surface area contributed by atoms with Crippen LogP contribution >= 0.6 is 11.8 Å². The number of nitrogens with zero attached hydrogens (tertiary/aromatic N) is 1. The molecule has 0 aromatic heterocycles. The van der Waals surface area contributed by atoms with Crippen molar-refractivity contribution in [1.29, 1.82) is 0 Å². The van der Waals surface area contributed by atoms with Crippen LogP contribution in [0.3, 0.4) is 0 Å². The minimum absolute atomic E-state index is 0.0318. The molecule has 0 aliphatic rings. The number of hydrogen-bond donors (Lipinski definition) is 1. The van der Waals surface area contributed by atoms with Crippen molar-refractivity contribution in [2.24, 2.45) is 0 Å². The minimum Gasteiger partial charge on any atom is -0.325 e. The molecule has 0 saturated heterocycles. The highest BCUT2D eigenvalue weighted by atomic mass is 32.2. The molecule has 0 spiro atoms. The van der Waals surface area contributed by atoms with Gasteiger partial charge in [-0.2, -0.15) is 0 Å². The fourth-order valence-electron chi connectivity index (χ4n) is 2.35. The Hall–Kier alpha value is -2.27. The molecule has 1 N–H and O–H groups in total. The van der Waals surface area contributed by atoms with E-state index in [1.165, 1.54) is 24.2 Å². The van der Waals surface area contributed by atoms with Gasteiger partial charge in [-0.3, -0.25) is 9.59 Å². The van der Waals surface area contributed by atoms with Crippen LogP contribution in [0, 0.1) is 0 Å². The van der Waals surface area contributed by atoms with E-state index < -0.39 is 0 Å². The first kappa shape index (κ1) is 20.0. The fraction of sp³-hybridized carbons (Fsp3) is 0.333. The second-order valence-corrected chi connectivity index (χ2v) is 8.28. The maximum absolute atomic E-state index is 12.1. The average Bonchev–Trinajstić information content (AvgIpc) is 2.59. The lowest BCUT2D eigenvalue weighted by molar-refractivity contribution is -0.116. The molecule has 0 radical (unpaired) electrons. The van der Waals surface area contributed by atoms with Crippen molar-refractivity contribution in [2.75, 3.05) is 23.0 Å². The van der Waals surface area contributed by atoms with Crippen molar-refractivity contribution in [3.05, 3.63) is 54.1 Å². The van der Waals surface area contributed by atoms with Gasteiger partial charge in [-0.05, 0) is 47.4 Å². The number of benzene rings is 2. The number of carbonyl (C=O) groups excluding carboxylic acids is 2. The van der Waals surface area contributed by atoms with Gasteiger partial charge in [0.1, 0.15) is 0 Å². The average molecular weight is 371 g/mol. The maximum atomic E-state index is 12.1. The second-order valence-electron chi connectivity index (χ2n) is 7.24. The predicted molar refractivity (Wildman–Crippen MR) is 110 cm³/mol. The van der Waals surface area contributed by atoms with Crippen molar-refractivity contribution in [1.82, 2.24) is 0 Å². The second kappa shape index (κ2) is 8.41. The number of nitrogens with one attached hydrogen (secondary N) is 1. The van der Waals surface area contributed by atoms with Crippen LogP contribution < -0.4 is 10.2 Å². The summed E-state index contributed by atoms with van der Waals surface area (Å²) in [6, 6.07) is 15.6. The molecule has 2 aromatic rings. The molecule has 0 aliphatic heterocycles. The molecule has 2 aromatic carbocycles.